The summed E-state index contributed by atoms with van der Waals surface area (Å²) in [5.74, 6) is 0.929. The highest BCUT2D eigenvalue weighted by atomic mass is 16.5. The van der Waals surface area contributed by atoms with Gasteiger partial charge in [-0.05, 0) is 57.4 Å². The van der Waals surface area contributed by atoms with E-state index in [-0.39, 0.29) is 0 Å². The Kier molecular flexibility index (Phi) is 3.21. The molecule has 3 aliphatic rings. The topological polar surface area (TPSA) is 21.3 Å². The summed E-state index contributed by atoms with van der Waals surface area (Å²) >= 11 is 0. The van der Waals surface area contributed by atoms with Gasteiger partial charge in [0.15, 0.2) is 0 Å². The zero-order chi connectivity index (χ0) is 10.8. The molecule has 3 rings (SSSR count). The van der Waals surface area contributed by atoms with Gasteiger partial charge in [-0.25, -0.2) is 0 Å². The predicted octanol–water partition coefficient (Wildman–Crippen LogP) is 2.87. The second-order valence-electron chi connectivity index (χ2n) is 6.11. The van der Waals surface area contributed by atoms with Gasteiger partial charge in [-0.3, -0.25) is 0 Å². The molecule has 2 aliphatic carbocycles. The van der Waals surface area contributed by atoms with Crippen molar-refractivity contribution in [3.63, 3.8) is 0 Å². The van der Waals surface area contributed by atoms with Crippen molar-refractivity contribution in [1.29, 1.82) is 0 Å². The molecule has 1 unspecified atom stereocenters. The highest BCUT2D eigenvalue weighted by Gasteiger charge is 2.39. The zero-order valence-electron chi connectivity index (χ0n) is 10.3. The first kappa shape index (κ1) is 11.0. The summed E-state index contributed by atoms with van der Waals surface area (Å²) in [6, 6.07) is 0.875. The highest BCUT2D eigenvalue weighted by Crippen LogP contribution is 2.42. The molecule has 2 heteroatoms. The third-order valence-corrected chi connectivity index (χ3v) is 4.67. The van der Waals surface area contributed by atoms with Gasteiger partial charge in [-0.2, -0.15) is 0 Å². The van der Waals surface area contributed by atoms with Crippen molar-refractivity contribution < 1.29 is 4.74 Å². The van der Waals surface area contributed by atoms with Gasteiger partial charge in [0.2, 0.25) is 0 Å². The molecule has 0 aromatic heterocycles. The van der Waals surface area contributed by atoms with Crippen LogP contribution in [0.15, 0.2) is 0 Å². The molecule has 3 fully saturated rings. The summed E-state index contributed by atoms with van der Waals surface area (Å²) < 4.78 is 6.08. The number of rotatable bonds is 4. The van der Waals surface area contributed by atoms with Crippen LogP contribution in [0.4, 0.5) is 0 Å². The monoisotopic (exact) mass is 223 g/mol. The number of ether oxygens (including phenoxy) is 1. The van der Waals surface area contributed by atoms with E-state index in [1.807, 2.05) is 0 Å². The fourth-order valence-electron chi connectivity index (χ4n) is 3.52. The molecule has 16 heavy (non-hydrogen) atoms. The Balaban J connectivity index is 1.43. The lowest BCUT2D eigenvalue weighted by Gasteiger charge is -2.38. The van der Waals surface area contributed by atoms with Gasteiger partial charge in [-0.15, -0.1) is 0 Å². The van der Waals surface area contributed by atoms with E-state index in [0.29, 0.717) is 5.60 Å². The number of hydrogen-bond acceptors (Lipinski definition) is 2. The van der Waals surface area contributed by atoms with Gasteiger partial charge in [0.1, 0.15) is 0 Å². The Labute approximate surface area is 99.1 Å². The van der Waals surface area contributed by atoms with Crippen LogP contribution in [0.2, 0.25) is 0 Å². The lowest BCUT2D eigenvalue weighted by atomic mass is 9.83. The maximum atomic E-state index is 6.08. The summed E-state index contributed by atoms with van der Waals surface area (Å²) in [6.45, 7) is 2.26. The standard InChI is InChI=1S/C14H25NO/c1-2-8-14(7-1)11-12(6-10-16-14)5-9-15-13-3-4-13/h12-13,15H,1-11H2. The van der Waals surface area contributed by atoms with Crippen molar-refractivity contribution >= 4 is 0 Å². The van der Waals surface area contributed by atoms with Crippen molar-refractivity contribution in [3.8, 4) is 0 Å². The van der Waals surface area contributed by atoms with E-state index in [4.69, 9.17) is 4.74 Å². The Morgan fingerprint density at radius 3 is 2.69 bits per heavy atom. The average Bonchev–Trinajstić information content (AvgIpc) is 3.01. The van der Waals surface area contributed by atoms with E-state index in [0.717, 1.165) is 18.6 Å². The minimum Gasteiger partial charge on any atom is -0.375 e. The Bertz CT molecular complexity index is 231. The summed E-state index contributed by atoms with van der Waals surface area (Å²) in [7, 11) is 0. The minimum atomic E-state index is 0.322. The first-order valence-corrected chi connectivity index (χ1v) is 7.24. The van der Waals surface area contributed by atoms with Gasteiger partial charge >= 0.3 is 0 Å². The van der Waals surface area contributed by atoms with Crippen LogP contribution in [0, 0.1) is 5.92 Å². The van der Waals surface area contributed by atoms with Crippen LogP contribution in [-0.2, 0) is 4.74 Å². The van der Waals surface area contributed by atoms with Crippen molar-refractivity contribution in [1.82, 2.24) is 5.32 Å². The Morgan fingerprint density at radius 2 is 1.94 bits per heavy atom. The van der Waals surface area contributed by atoms with Gasteiger partial charge in [0, 0.05) is 12.6 Å². The smallest absolute Gasteiger partial charge is 0.0685 e. The molecule has 0 amide bonds. The molecular formula is C14H25NO. The van der Waals surface area contributed by atoms with E-state index in [9.17, 15) is 0 Å². The van der Waals surface area contributed by atoms with E-state index in [1.165, 1.54) is 64.3 Å². The molecule has 1 aliphatic heterocycles. The third kappa shape index (κ3) is 2.60. The van der Waals surface area contributed by atoms with E-state index in [2.05, 4.69) is 5.32 Å². The van der Waals surface area contributed by atoms with Crippen LogP contribution in [0.25, 0.3) is 0 Å². The van der Waals surface area contributed by atoms with Gasteiger partial charge < -0.3 is 10.1 Å². The molecule has 0 radical (unpaired) electrons. The van der Waals surface area contributed by atoms with Crippen LogP contribution in [0.5, 0.6) is 0 Å². The fraction of sp³-hybridized carbons (Fsp3) is 1.00. The van der Waals surface area contributed by atoms with Crippen LogP contribution < -0.4 is 5.32 Å². The molecular weight excluding hydrogens is 198 g/mol. The molecule has 1 N–H and O–H groups in total. The second-order valence-corrected chi connectivity index (χ2v) is 6.11. The van der Waals surface area contributed by atoms with E-state index in [1.54, 1.807) is 0 Å². The van der Waals surface area contributed by atoms with Gasteiger partial charge in [0.25, 0.3) is 0 Å². The lowest BCUT2D eigenvalue weighted by molar-refractivity contribution is -0.0934. The summed E-state index contributed by atoms with van der Waals surface area (Å²) in [4.78, 5) is 0. The molecule has 2 nitrogen and oxygen atoms in total. The quantitative estimate of drug-likeness (QED) is 0.791. The SMILES string of the molecule is C1CCC2(C1)CC(CCNC1CC1)CCO2. The van der Waals surface area contributed by atoms with Gasteiger partial charge in [0.05, 0.1) is 5.60 Å². The fourth-order valence-corrected chi connectivity index (χ4v) is 3.52. The maximum absolute atomic E-state index is 6.08. The summed E-state index contributed by atoms with van der Waals surface area (Å²) in [6.07, 6.45) is 12.3. The van der Waals surface area contributed by atoms with Crippen molar-refractivity contribution in [2.45, 2.75) is 69.4 Å². The van der Waals surface area contributed by atoms with Gasteiger partial charge in [-0.1, -0.05) is 12.8 Å². The van der Waals surface area contributed by atoms with Crippen LogP contribution in [0.3, 0.4) is 0 Å². The third-order valence-electron chi connectivity index (χ3n) is 4.67. The number of hydrogen-bond donors (Lipinski definition) is 1. The predicted molar refractivity (Wildman–Crippen MR) is 65.5 cm³/mol. The zero-order valence-corrected chi connectivity index (χ0v) is 10.3. The normalized spacial score (nSPS) is 33.4. The molecule has 2 saturated carbocycles. The summed E-state index contributed by atoms with van der Waals surface area (Å²) in [5.41, 5.74) is 0.322. The number of nitrogens with one attached hydrogen (secondary N) is 1. The maximum Gasteiger partial charge on any atom is 0.0685 e. The second kappa shape index (κ2) is 4.66. The molecule has 0 aromatic carbocycles. The summed E-state index contributed by atoms with van der Waals surface area (Å²) in [5, 5.41) is 3.64. The molecule has 1 saturated heterocycles. The Hall–Kier alpha value is -0.0800. The first-order chi connectivity index (χ1) is 7.86. The van der Waals surface area contributed by atoms with Crippen molar-refractivity contribution in [2.24, 2.45) is 5.92 Å². The molecule has 1 heterocycles. The molecule has 92 valence electrons. The highest BCUT2D eigenvalue weighted by molar-refractivity contribution is 4.91. The average molecular weight is 223 g/mol. The van der Waals surface area contributed by atoms with Crippen molar-refractivity contribution in [3.05, 3.63) is 0 Å². The first-order valence-electron chi connectivity index (χ1n) is 7.24. The van der Waals surface area contributed by atoms with Crippen LogP contribution in [0.1, 0.15) is 57.8 Å². The van der Waals surface area contributed by atoms with Crippen molar-refractivity contribution in [2.75, 3.05) is 13.2 Å². The van der Waals surface area contributed by atoms with Crippen LogP contribution >= 0.6 is 0 Å². The largest absolute Gasteiger partial charge is 0.375 e. The van der Waals surface area contributed by atoms with Crippen LogP contribution in [-0.4, -0.2) is 24.8 Å². The minimum absolute atomic E-state index is 0.322. The van der Waals surface area contributed by atoms with E-state index >= 15 is 0 Å². The molecule has 1 spiro atoms. The lowest BCUT2D eigenvalue weighted by Crippen LogP contribution is -2.38. The Morgan fingerprint density at radius 1 is 1.12 bits per heavy atom. The molecule has 0 aromatic rings. The molecule has 0 bridgehead atoms. The van der Waals surface area contributed by atoms with E-state index < -0.39 is 0 Å². The molecule has 1 atom stereocenters.